The lowest BCUT2D eigenvalue weighted by molar-refractivity contribution is 0.557. The Morgan fingerprint density at radius 3 is 2.00 bits per heavy atom. The second-order valence-electron chi connectivity index (χ2n) is 9.31. The molecule has 0 amide bonds. The molecule has 3 rings (SSSR count). The van der Waals surface area contributed by atoms with Gasteiger partial charge in [0.05, 0.1) is 5.52 Å². The Balaban J connectivity index is 2.44. The second-order valence-corrected chi connectivity index (χ2v) is 9.31. The molecule has 0 N–H and O–H groups in total. The van der Waals surface area contributed by atoms with Crippen LogP contribution in [0.15, 0.2) is 12.1 Å². The Labute approximate surface area is 141 Å². The van der Waals surface area contributed by atoms with Crippen LogP contribution in [0.1, 0.15) is 82.3 Å². The molecule has 0 unspecified atom stereocenters. The SMILES string of the molecule is Cc1cc2c(C(C)(C)C)cc(C(C)(C)C)nc2c2c1CCCC2. The van der Waals surface area contributed by atoms with E-state index in [2.05, 4.69) is 60.6 Å². The fourth-order valence-corrected chi connectivity index (χ4v) is 3.84. The molecule has 0 atom stereocenters. The Morgan fingerprint density at radius 2 is 1.43 bits per heavy atom. The zero-order valence-corrected chi connectivity index (χ0v) is 15.9. The molecule has 1 aliphatic rings. The van der Waals surface area contributed by atoms with E-state index >= 15 is 0 Å². The van der Waals surface area contributed by atoms with Crippen LogP contribution in [-0.2, 0) is 23.7 Å². The van der Waals surface area contributed by atoms with Gasteiger partial charge in [0, 0.05) is 16.5 Å². The molecule has 1 aromatic heterocycles. The third kappa shape index (κ3) is 2.91. The molecule has 0 bridgehead atoms. The highest BCUT2D eigenvalue weighted by Gasteiger charge is 2.26. The van der Waals surface area contributed by atoms with Crippen LogP contribution in [0.2, 0.25) is 0 Å². The van der Waals surface area contributed by atoms with Gasteiger partial charge in [-0.05, 0) is 72.4 Å². The first-order valence-electron chi connectivity index (χ1n) is 9.06. The van der Waals surface area contributed by atoms with Gasteiger partial charge in [-0.3, -0.25) is 4.98 Å². The molecule has 0 saturated heterocycles. The largest absolute Gasteiger partial charge is 0.252 e. The maximum absolute atomic E-state index is 5.18. The van der Waals surface area contributed by atoms with Crippen LogP contribution in [0.4, 0.5) is 0 Å². The standard InChI is InChI=1S/C22H31N/c1-14-12-17-18(21(2,3)4)13-19(22(5,6)7)23-20(17)16-11-9-8-10-15(14)16/h12-13H,8-11H2,1-7H3. The van der Waals surface area contributed by atoms with E-state index in [1.807, 2.05) is 0 Å². The minimum atomic E-state index is 0.0840. The summed E-state index contributed by atoms with van der Waals surface area (Å²) in [7, 11) is 0. The number of pyridine rings is 1. The fraction of sp³-hybridized carbons (Fsp3) is 0.591. The predicted octanol–water partition coefficient (Wildman–Crippen LogP) is 6.02. The first-order chi connectivity index (χ1) is 10.6. The van der Waals surface area contributed by atoms with Gasteiger partial charge in [0.15, 0.2) is 0 Å². The van der Waals surface area contributed by atoms with Crippen LogP contribution in [0.5, 0.6) is 0 Å². The Hall–Kier alpha value is -1.37. The normalized spacial score (nSPS) is 15.8. The number of aryl methyl sites for hydroxylation is 2. The quantitative estimate of drug-likeness (QED) is 0.580. The number of hydrogen-bond acceptors (Lipinski definition) is 1. The highest BCUT2D eigenvalue weighted by molar-refractivity contribution is 5.88. The number of rotatable bonds is 0. The molecule has 0 saturated carbocycles. The number of aromatic nitrogens is 1. The lowest BCUT2D eigenvalue weighted by Gasteiger charge is -2.28. The Bertz CT molecular complexity index is 754. The summed E-state index contributed by atoms with van der Waals surface area (Å²) in [5, 5.41) is 1.38. The summed E-state index contributed by atoms with van der Waals surface area (Å²) in [4.78, 5) is 5.18. The molecule has 1 aliphatic carbocycles. The first-order valence-corrected chi connectivity index (χ1v) is 9.06. The molecule has 0 aliphatic heterocycles. The van der Waals surface area contributed by atoms with Crippen molar-refractivity contribution >= 4 is 10.9 Å². The van der Waals surface area contributed by atoms with E-state index < -0.39 is 0 Å². The second kappa shape index (κ2) is 5.33. The van der Waals surface area contributed by atoms with Gasteiger partial charge >= 0.3 is 0 Å². The average Bonchev–Trinajstić information content (AvgIpc) is 2.44. The molecule has 1 heterocycles. The van der Waals surface area contributed by atoms with Crippen LogP contribution in [0.25, 0.3) is 10.9 Å². The van der Waals surface area contributed by atoms with Gasteiger partial charge in [-0.25, -0.2) is 0 Å². The molecule has 1 heteroatoms. The molecule has 0 fully saturated rings. The fourth-order valence-electron chi connectivity index (χ4n) is 3.84. The van der Waals surface area contributed by atoms with Crippen LogP contribution in [0, 0.1) is 6.92 Å². The van der Waals surface area contributed by atoms with Crippen LogP contribution < -0.4 is 0 Å². The molecular formula is C22H31N. The molecule has 124 valence electrons. The lowest BCUT2D eigenvalue weighted by atomic mass is 9.78. The lowest BCUT2D eigenvalue weighted by Crippen LogP contribution is -2.20. The zero-order chi connectivity index (χ0) is 17.0. The number of benzene rings is 1. The van der Waals surface area contributed by atoms with Crippen molar-refractivity contribution in [2.45, 2.75) is 85.0 Å². The van der Waals surface area contributed by atoms with Crippen molar-refractivity contribution in [3.63, 3.8) is 0 Å². The molecular weight excluding hydrogens is 278 g/mol. The van der Waals surface area contributed by atoms with Crippen LogP contribution >= 0.6 is 0 Å². The van der Waals surface area contributed by atoms with Gasteiger partial charge in [0.1, 0.15) is 0 Å². The molecule has 1 nitrogen and oxygen atoms in total. The minimum absolute atomic E-state index is 0.0840. The molecule has 0 spiro atoms. The van der Waals surface area contributed by atoms with E-state index in [0.717, 1.165) is 0 Å². The zero-order valence-electron chi connectivity index (χ0n) is 15.9. The van der Waals surface area contributed by atoms with E-state index in [0.29, 0.717) is 0 Å². The van der Waals surface area contributed by atoms with E-state index in [1.54, 1.807) is 5.56 Å². The highest BCUT2D eigenvalue weighted by atomic mass is 14.7. The summed E-state index contributed by atoms with van der Waals surface area (Å²) in [5.74, 6) is 0. The van der Waals surface area contributed by atoms with E-state index in [1.165, 1.54) is 59.0 Å². The van der Waals surface area contributed by atoms with Crippen molar-refractivity contribution in [3.05, 3.63) is 40.1 Å². The van der Waals surface area contributed by atoms with Gasteiger partial charge in [-0.2, -0.15) is 0 Å². The van der Waals surface area contributed by atoms with Gasteiger partial charge in [0.25, 0.3) is 0 Å². The van der Waals surface area contributed by atoms with Crippen molar-refractivity contribution in [1.29, 1.82) is 0 Å². The number of nitrogens with zero attached hydrogens (tertiary/aromatic N) is 1. The van der Waals surface area contributed by atoms with Crippen molar-refractivity contribution in [2.75, 3.05) is 0 Å². The average molecular weight is 309 g/mol. The minimum Gasteiger partial charge on any atom is -0.252 e. The number of hydrogen-bond donors (Lipinski definition) is 0. The summed E-state index contributed by atoms with van der Waals surface area (Å²) in [6, 6.07) is 4.76. The van der Waals surface area contributed by atoms with Crippen LogP contribution in [-0.4, -0.2) is 4.98 Å². The summed E-state index contributed by atoms with van der Waals surface area (Å²) in [6.07, 6.45) is 5.04. The summed E-state index contributed by atoms with van der Waals surface area (Å²) >= 11 is 0. The van der Waals surface area contributed by atoms with Crippen molar-refractivity contribution in [1.82, 2.24) is 4.98 Å². The molecule has 23 heavy (non-hydrogen) atoms. The van der Waals surface area contributed by atoms with Crippen molar-refractivity contribution in [2.24, 2.45) is 0 Å². The van der Waals surface area contributed by atoms with E-state index in [4.69, 9.17) is 4.98 Å². The van der Waals surface area contributed by atoms with E-state index in [9.17, 15) is 0 Å². The van der Waals surface area contributed by atoms with Crippen molar-refractivity contribution < 1.29 is 0 Å². The Morgan fingerprint density at radius 1 is 0.826 bits per heavy atom. The summed E-state index contributed by atoms with van der Waals surface area (Å²) in [6.45, 7) is 16.1. The first kappa shape index (κ1) is 16.5. The number of fused-ring (bicyclic) bond motifs is 3. The molecule has 2 aromatic rings. The Kier molecular flexibility index (Phi) is 3.82. The van der Waals surface area contributed by atoms with Gasteiger partial charge in [-0.15, -0.1) is 0 Å². The summed E-state index contributed by atoms with van der Waals surface area (Å²) in [5.41, 5.74) is 8.74. The van der Waals surface area contributed by atoms with Gasteiger partial charge < -0.3 is 0 Å². The molecule has 0 radical (unpaired) electrons. The predicted molar refractivity (Wildman–Crippen MR) is 101 cm³/mol. The van der Waals surface area contributed by atoms with Gasteiger partial charge in [-0.1, -0.05) is 41.5 Å². The maximum Gasteiger partial charge on any atom is 0.0743 e. The van der Waals surface area contributed by atoms with Gasteiger partial charge in [0.2, 0.25) is 0 Å². The van der Waals surface area contributed by atoms with E-state index in [-0.39, 0.29) is 10.8 Å². The monoisotopic (exact) mass is 309 g/mol. The highest BCUT2D eigenvalue weighted by Crippen LogP contribution is 2.38. The maximum atomic E-state index is 5.18. The van der Waals surface area contributed by atoms with Crippen LogP contribution in [0.3, 0.4) is 0 Å². The summed E-state index contributed by atoms with van der Waals surface area (Å²) < 4.78 is 0. The third-order valence-corrected chi connectivity index (χ3v) is 5.23. The third-order valence-electron chi connectivity index (χ3n) is 5.23. The topological polar surface area (TPSA) is 12.9 Å². The smallest absolute Gasteiger partial charge is 0.0743 e. The van der Waals surface area contributed by atoms with Crippen molar-refractivity contribution in [3.8, 4) is 0 Å². The molecule has 1 aromatic carbocycles.